The molecule has 1 heterocycles. The lowest BCUT2D eigenvalue weighted by Gasteiger charge is -2.08. The third kappa shape index (κ3) is 3.00. The lowest BCUT2D eigenvalue weighted by molar-refractivity contribution is 0.0690. The van der Waals surface area contributed by atoms with Crippen molar-refractivity contribution in [3.63, 3.8) is 0 Å². The number of carbonyl (C=O) groups is 2. The van der Waals surface area contributed by atoms with E-state index in [9.17, 15) is 9.59 Å². The van der Waals surface area contributed by atoms with E-state index in [0.717, 1.165) is 12.0 Å². The summed E-state index contributed by atoms with van der Waals surface area (Å²) in [7, 11) is 0. The molecular weight excluding hydrogens is 256 g/mol. The molecule has 0 saturated heterocycles. The first-order chi connectivity index (χ1) is 9.61. The van der Waals surface area contributed by atoms with Gasteiger partial charge in [-0.1, -0.05) is 31.2 Å². The molecule has 5 heteroatoms. The largest absolute Gasteiger partial charge is 0.477 e. The van der Waals surface area contributed by atoms with Gasteiger partial charge in [-0.05, 0) is 30.2 Å². The predicted molar refractivity (Wildman–Crippen MR) is 75.0 cm³/mol. The van der Waals surface area contributed by atoms with E-state index in [1.807, 2.05) is 19.1 Å². The molecule has 2 N–H and O–H groups in total. The van der Waals surface area contributed by atoms with Crippen LogP contribution in [0.3, 0.4) is 0 Å². The Balaban J connectivity index is 2.23. The van der Waals surface area contributed by atoms with E-state index in [4.69, 9.17) is 5.11 Å². The second kappa shape index (κ2) is 5.97. The summed E-state index contributed by atoms with van der Waals surface area (Å²) in [6.07, 6.45) is 0.742. The van der Waals surface area contributed by atoms with Gasteiger partial charge in [-0.25, -0.2) is 9.78 Å². The van der Waals surface area contributed by atoms with Crippen molar-refractivity contribution in [1.82, 2.24) is 4.98 Å². The molecule has 1 aromatic carbocycles. The molecule has 0 unspecified atom stereocenters. The number of aryl methyl sites for hydroxylation is 1. The average Bonchev–Trinajstić information content (AvgIpc) is 2.47. The molecule has 0 aliphatic heterocycles. The molecule has 0 radical (unpaired) electrons. The Morgan fingerprint density at radius 1 is 1.15 bits per heavy atom. The lowest BCUT2D eigenvalue weighted by atomic mass is 10.0. The molecule has 2 rings (SSSR count). The van der Waals surface area contributed by atoms with E-state index in [2.05, 4.69) is 10.3 Å². The molecule has 0 fully saturated rings. The predicted octanol–water partition coefficient (Wildman–Crippen LogP) is 2.59. The number of nitrogens with one attached hydrogen (secondary N) is 1. The van der Waals surface area contributed by atoms with Crippen molar-refractivity contribution in [1.29, 1.82) is 0 Å². The van der Waals surface area contributed by atoms with Crippen molar-refractivity contribution in [3.05, 3.63) is 59.3 Å². The standard InChI is InChI=1S/C15H14N2O3/c1-2-10-6-3-4-7-11(10)14(18)17-13-9-5-8-12(16-13)15(19)20/h3-9H,2H2,1H3,(H,19,20)(H,16,17,18). The van der Waals surface area contributed by atoms with Gasteiger partial charge in [-0.15, -0.1) is 0 Å². The molecule has 20 heavy (non-hydrogen) atoms. The molecular formula is C15H14N2O3. The summed E-state index contributed by atoms with van der Waals surface area (Å²) in [6, 6.07) is 11.7. The molecule has 5 nitrogen and oxygen atoms in total. The smallest absolute Gasteiger partial charge is 0.354 e. The summed E-state index contributed by atoms with van der Waals surface area (Å²) in [6.45, 7) is 1.97. The zero-order chi connectivity index (χ0) is 14.5. The van der Waals surface area contributed by atoms with Crippen molar-refractivity contribution in [2.24, 2.45) is 0 Å². The monoisotopic (exact) mass is 270 g/mol. The van der Waals surface area contributed by atoms with Gasteiger partial charge in [0.05, 0.1) is 0 Å². The number of rotatable bonds is 4. The van der Waals surface area contributed by atoms with Gasteiger partial charge < -0.3 is 10.4 Å². The maximum Gasteiger partial charge on any atom is 0.354 e. The maximum absolute atomic E-state index is 12.2. The fraction of sp³-hybridized carbons (Fsp3) is 0.133. The number of carboxylic acid groups (broad SMARTS) is 1. The number of hydrogen-bond donors (Lipinski definition) is 2. The molecule has 0 saturated carbocycles. The molecule has 0 spiro atoms. The van der Waals surface area contributed by atoms with Gasteiger partial charge in [-0.3, -0.25) is 4.79 Å². The Kier molecular flexibility index (Phi) is 4.10. The number of aromatic carboxylic acids is 1. The number of nitrogens with zero attached hydrogens (tertiary/aromatic N) is 1. The molecule has 102 valence electrons. The number of carbonyl (C=O) groups excluding carboxylic acids is 1. The maximum atomic E-state index is 12.2. The fourth-order valence-corrected chi connectivity index (χ4v) is 1.86. The van der Waals surface area contributed by atoms with Gasteiger partial charge in [0.25, 0.3) is 5.91 Å². The SMILES string of the molecule is CCc1ccccc1C(=O)Nc1cccc(C(=O)O)n1. The highest BCUT2D eigenvalue weighted by molar-refractivity contribution is 6.05. The first-order valence-electron chi connectivity index (χ1n) is 6.21. The topological polar surface area (TPSA) is 79.3 Å². The highest BCUT2D eigenvalue weighted by Crippen LogP contribution is 2.12. The van der Waals surface area contributed by atoms with Gasteiger partial charge in [-0.2, -0.15) is 0 Å². The van der Waals surface area contributed by atoms with Crippen LogP contribution in [0, 0.1) is 0 Å². The van der Waals surface area contributed by atoms with E-state index >= 15 is 0 Å². The van der Waals surface area contributed by atoms with E-state index < -0.39 is 5.97 Å². The number of carboxylic acids is 1. The Morgan fingerprint density at radius 3 is 2.60 bits per heavy atom. The van der Waals surface area contributed by atoms with Crippen molar-refractivity contribution in [2.45, 2.75) is 13.3 Å². The van der Waals surface area contributed by atoms with Crippen LogP contribution >= 0.6 is 0 Å². The zero-order valence-corrected chi connectivity index (χ0v) is 11.0. The third-order valence-corrected chi connectivity index (χ3v) is 2.85. The van der Waals surface area contributed by atoms with Gasteiger partial charge in [0, 0.05) is 5.56 Å². The van der Waals surface area contributed by atoms with Crippen LogP contribution in [-0.4, -0.2) is 22.0 Å². The Labute approximate surface area is 116 Å². The second-order valence-corrected chi connectivity index (χ2v) is 4.18. The van der Waals surface area contributed by atoms with Crippen LogP contribution in [0.15, 0.2) is 42.5 Å². The minimum atomic E-state index is -1.13. The summed E-state index contributed by atoms with van der Waals surface area (Å²) in [4.78, 5) is 26.9. The van der Waals surface area contributed by atoms with E-state index in [1.165, 1.54) is 12.1 Å². The summed E-state index contributed by atoms with van der Waals surface area (Å²) in [5.74, 6) is -1.20. The Bertz CT molecular complexity index is 653. The summed E-state index contributed by atoms with van der Waals surface area (Å²) >= 11 is 0. The Hall–Kier alpha value is -2.69. The summed E-state index contributed by atoms with van der Waals surface area (Å²) < 4.78 is 0. The molecule has 0 bridgehead atoms. The second-order valence-electron chi connectivity index (χ2n) is 4.18. The van der Waals surface area contributed by atoms with E-state index in [-0.39, 0.29) is 17.4 Å². The average molecular weight is 270 g/mol. The van der Waals surface area contributed by atoms with Crippen molar-refractivity contribution in [3.8, 4) is 0 Å². The van der Waals surface area contributed by atoms with Crippen LogP contribution < -0.4 is 5.32 Å². The first kappa shape index (κ1) is 13.7. The minimum Gasteiger partial charge on any atom is -0.477 e. The number of amides is 1. The van der Waals surface area contributed by atoms with Crippen LogP contribution in [0.4, 0.5) is 5.82 Å². The number of anilines is 1. The fourth-order valence-electron chi connectivity index (χ4n) is 1.86. The van der Waals surface area contributed by atoms with Gasteiger partial charge in [0.1, 0.15) is 5.82 Å². The number of aromatic nitrogens is 1. The van der Waals surface area contributed by atoms with Gasteiger partial charge in [0.15, 0.2) is 5.69 Å². The van der Waals surface area contributed by atoms with Crippen LogP contribution in [0.2, 0.25) is 0 Å². The van der Waals surface area contributed by atoms with Crippen LogP contribution in [0.25, 0.3) is 0 Å². The highest BCUT2D eigenvalue weighted by atomic mass is 16.4. The first-order valence-corrected chi connectivity index (χ1v) is 6.21. The highest BCUT2D eigenvalue weighted by Gasteiger charge is 2.12. The molecule has 1 aromatic heterocycles. The molecule has 0 aliphatic rings. The summed E-state index contributed by atoms with van der Waals surface area (Å²) in [5, 5.41) is 11.5. The van der Waals surface area contributed by atoms with Crippen molar-refractivity contribution < 1.29 is 14.7 Å². The van der Waals surface area contributed by atoms with Crippen molar-refractivity contribution in [2.75, 3.05) is 5.32 Å². The number of hydrogen-bond acceptors (Lipinski definition) is 3. The zero-order valence-electron chi connectivity index (χ0n) is 11.0. The molecule has 1 amide bonds. The van der Waals surface area contributed by atoms with Crippen LogP contribution in [0.1, 0.15) is 33.3 Å². The van der Waals surface area contributed by atoms with E-state index in [0.29, 0.717) is 5.56 Å². The lowest BCUT2D eigenvalue weighted by Crippen LogP contribution is -2.15. The number of benzene rings is 1. The van der Waals surface area contributed by atoms with E-state index in [1.54, 1.807) is 18.2 Å². The summed E-state index contributed by atoms with van der Waals surface area (Å²) in [5.41, 5.74) is 1.39. The molecule has 0 aliphatic carbocycles. The molecule has 0 atom stereocenters. The third-order valence-electron chi connectivity index (χ3n) is 2.85. The quantitative estimate of drug-likeness (QED) is 0.895. The normalized spacial score (nSPS) is 10.1. The number of pyridine rings is 1. The van der Waals surface area contributed by atoms with Gasteiger partial charge >= 0.3 is 5.97 Å². The van der Waals surface area contributed by atoms with Crippen LogP contribution in [-0.2, 0) is 6.42 Å². The van der Waals surface area contributed by atoms with Crippen molar-refractivity contribution >= 4 is 17.7 Å². The molecule has 2 aromatic rings. The Morgan fingerprint density at radius 2 is 1.90 bits per heavy atom. The minimum absolute atomic E-state index is 0.105. The van der Waals surface area contributed by atoms with Crippen LogP contribution in [0.5, 0.6) is 0 Å². The van der Waals surface area contributed by atoms with Gasteiger partial charge in [0.2, 0.25) is 0 Å².